The van der Waals surface area contributed by atoms with E-state index in [9.17, 15) is 4.79 Å². The van der Waals surface area contributed by atoms with Crippen molar-refractivity contribution in [1.29, 1.82) is 0 Å². The molecule has 0 unspecified atom stereocenters. The number of aromatic amines is 1. The first-order valence-electron chi connectivity index (χ1n) is 6.57. The van der Waals surface area contributed by atoms with Crippen LogP contribution in [-0.2, 0) is 13.6 Å². The number of pyridine rings is 1. The topological polar surface area (TPSA) is 75.6 Å². The maximum Gasteiger partial charge on any atom is 0.343 e. The molecule has 2 rings (SSSR count). The summed E-state index contributed by atoms with van der Waals surface area (Å²) < 4.78 is 1.47. The van der Waals surface area contributed by atoms with E-state index in [1.807, 2.05) is 13.1 Å². The van der Waals surface area contributed by atoms with Gasteiger partial charge in [0.15, 0.2) is 5.16 Å². The Hall–Kier alpha value is -1.60. The summed E-state index contributed by atoms with van der Waals surface area (Å²) in [6.07, 6.45) is 2.98. The van der Waals surface area contributed by atoms with E-state index >= 15 is 0 Å². The molecule has 0 saturated carbocycles. The van der Waals surface area contributed by atoms with Crippen LogP contribution in [0.3, 0.4) is 0 Å². The Labute approximate surface area is 122 Å². The van der Waals surface area contributed by atoms with Crippen LogP contribution in [0.1, 0.15) is 24.5 Å². The number of hydrogen-bond acceptors (Lipinski definition) is 5. The van der Waals surface area contributed by atoms with Gasteiger partial charge in [0.2, 0.25) is 0 Å². The standard InChI is InChI=1S/C13H19N5OS/c1-4-5-14-7-10-6-9(2)11(15-8-10)20-13-17-16-12(19)18(13)3/h6,8,14H,4-5,7H2,1-3H3,(H,16,19). The summed E-state index contributed by atoms with van der Waals surface area (Å²) in [5.41, 5.74) is 2.03. The number of H-pyrrole nitrogens is 1. The van der Waals surface area contributed by atoms with Crippen LogP contribution in [0, 0.1) is 6.92 Å². The molecule has 0 aromatic carbocycles. The first kappa shape index (κ1) is 14.8. The second kappa shape index (κ2) is 6.71. The predicted octanol–water partition coefficient (Wildman–Crippen LogP) is 1.46. The van der Waals surface area contributed by atoms with Gasteiger partial charge in [-0.1, -0.05) is 13.0 Å². The first-order valence-corrected chi connectivity index (χ1v) is 7.39. The second-order valence-corrected chi connectivity index (χ2v) is 5.57. The van der Waals surface area contributed by atoms with Gasteiger partial charge in [-0.2, -0.15) is 0 Å². The molecule has 20 heavy (non-hydrogen) atoms. The highest BCUT2D eigenvalue weighted by Gasteiger charge is 2.10. The van der Waals surface area contributed by atoms with Gasteiger partial charge in [0.1, 0.15) is 5.03 Å². The van der Waals surface area contributed by atoms with Crippen LogP contribution in [0.5, 0.6) is 0 Å². The molecule has 0 amide bonds. The van der Waals surface area contributed by atoms with E-state index in [2.05, 4.69) is 33.5 Å². The molecule has 0 atom stereocenters. The van der Waals surface area contributed by atoms with Gasteiger partial charge in [0, 0.05) is 19.8 Å². The highest BCUT2D eigenvalue weighted by Crippen LogP contribution is 2.25. The van der Waals surface area contributed by atoms with Crippen LogP contribution in [0.15, 0.2) is 27.2 Å². The third kappa shape index (κ3) is 3.49. The molecular weight excluding hydrogens is 274 g/mol. The molecule has 6 nitrogen and oxygen atoms in total. The summed E-state index contributed by atoms with van der Waals surface area (Å²) in [4.78, 5) is 15.8. The fraction of sp³-hybridized carbons (Fsp3) is 0.462. The molecule has 108 valence electrons. The lowest BCUT2D eigenvalue weighted by atomic mass is 10.2. The van der Waals surface area contributed by atoms with E-state index in [1.54, 1.807) is 7.05 Å². The molecule has 0 aliphatic rings. The molecule has 0 fully saturated rings. The van der Waals surface area contributed by atoms with Crippen molar-refractivity contribution in [2.75, 3.05) is 6.54 Å². The van der Waals surface area contributed by atoms with Crippen molar-refractivity contribution in [3.8, 4) is 0 Å². The average Bonchev–Trinajstić information content (AvgIpc) is 2.74. The Morgan fingerprint density at radius 3 is 2.90 bits per heavy atom. The normalized spacial score (nSPS) is 10.9. The molecule has 7 heteroatoms. The maximum absolute atomic E-state index is 11.3. The van der Waals surface area contributed by atoms with Crippen molar-refractivity contribution in [1.82, 2.24) is 25.1 Å². The molecule has 0 saturated heterocycles. The van der Waals surface area contributed by atoms with Gasteiger partial charge in [0.05, 0.1) is 0 Å². The number of aryl methyl sites for hydroxylation is 1. The molecule has 0 spiro atoms. The summed E-state index contributed by atoms with van der Waals surface area (Å²) in [5, 5.41) is 11.2. The molecule has 2 N–H and O–H groups in total. The molecule has 2 aromatic rings. The van der Waals surface area contributed by atoms with Crippen molar-refractivity contribution in [2.24, 2.45) is 7.05 Å². The number of nitrogens with zero attached hydrogens (tertiary/aromatic N) is 3. The van der Waals surface area contributed by atoms with Gasteiger partial charge >= 0.3 is 5.69 Å². The zero-order valence-electron chi connectivity index (χ0n) is 11.9. The average molecular weight is 293 g/mol. The lowest BCUT2D eigenvalue weighted by molar-refractivity contribution is 0.672. The van der Waals surface area contributed by atoms with Gasteiger partial charge in [-0.05, 0) is 42.8 Å². The summed E-state index contributed by atoms with van der Waals surface area (Å²) in [7, 11) is 1.69. The van der Waals surface area contributed by atoms with E-state index < -0.39 is 0 Å². The summed E-state index contributed by atoms with van der Waals surface area (Å²) in [6.45, 7) is 5.99. The Balaban J connectivity index is 2.09. The summed E-state index contributed by atoms with van der Waals surface area (Å²) in [5.74, 6) is 0. The van der Waals surface area contributed by atoms with Crippen molar-refractivity contribution in [3.05, 3.63) is 33.9 Å². The Morgan fingerprint density at radius 2 is 2.30 bits per heavy atom. The lowest BCUT2D eigenvalue weighted by Gasteiger charge is -2.07. The van der Waals surface area contributed by atoms with E-state index in [0.717, 1.165) is 35.7 Å². The Bertz CT molecular complexity index is 634. The zero-order valence-corrected chi connectivity index (χ0v) is 12.8. The maximum atomic E-state index is 11.3. The first-order chi connectivity index (χ1) is 9.61. The molecule has 0 aliphatic heterocycles. The molecule has 0 aliphatic carbocycles. The minimum Gasteiger partial charge on any atom is -0.313 e. The van der Waals surface area contributed by atoms with Crippen LogP contribution in [0.2, 0.25) is 0 Å². The van der Waals surface area contributed by atoms with Crippen molar-refractivity contribution in [2.45, 2.75) is 37.0 Å². The molecule has 2 heterocycles. The highest BCUT2D eigenvalue weighted by atomic mass is 32.2. The van der Waals surface area contributed by atoms with E-state index in [-0.39, 0.29) is 5.69 Å². The zero-order chi connectivity index (χ0) is 14.5. The smallest absolute Gasteiger partial charge is 0.313 e. The van der Waals surface area contributed by atoms with Crippen molar-refractivity contribution in [3.63, 3.8) is 0 Å². The van der Waals surface area contributed by atoms with E-state index in [4.69, 9.17) is 0 Å². The highest BCUT2D eigenvalue weighted by molar-refractivity contribution is 7.99. The van der Waals surface area contributed by atoms with Crippen molar-refractivity contribution < 1.29 is 0 Å². The van der Waals surface area contributed by atoms with Crippen LogP contribution < -0.4 is 11.0 Å². The third-order valence-electron chi connectivity index (χ3n) is 2.87. The van der Waals surface area contributed by atoms with Gasteiger partial charge in [0.25, 0.3) is 0 Å². The fourth-order valence-electron chi connectivity index (χ4n) is 1.74. The Kier molecular flexibility index (Phi) is 4.97. The van der Waals surface area contributed by atoms with Gasteiger partial charge in [-0.3, -0.25) is 4.57 Å². The molecule has 0 bridgehead atoms. The minimum atomic E-state index is -0.217. The molecule has 2 aromatic heterocycles. The predicted molar refractivity (Wildman–Crippen MR) is 78.9 cm³/mol. The molecular formula is C13H19N5OS. The van der Waals surface area contributed by atoms with Gasteiger partial charge in [-0.15, -0.1) is 5.10 Å². The number of rotatable bonds is 6. The van der Waals surface area contributed by atoms with Crippen LogP contribution in [-0.4, -0.2) is 26.3 Å². The minimum absolute atomic E-state index is 0.217. The largest absolute Gasteiger partial charge is 0.343 e. The van der Waals surface area contributed by atoms with Gasteiger partial charge in [-0.25, -0.2) is 14.9 Å². The summed E-state index contributed by atoms with van der Waals surface area (Å²) in [6, 6.07) is 2.11. The number of hydrogen-bond donors (Lipinski definition) is 2. The van der Waals surface area contributed by atoms with E-state index in [0.29, 0.717) is 5.16 Å². The SMILES string of the molecule is CCCNCc1cnc(Sc2n[nH]c(=O)n2C)c(C)c1. The Morgan fingerprint density at radius 1 is 1.50 bits per heavy atom. The number of nitrogens with one attached hydrogen (secondary N) is 2. The van der Waals surface area contributed by atoms with Crippen LogP contribution in [0.25, 0.3) is 0 Å². The second-order valence-electron chi connectivity index (χ2n) is 4.61. The monoisotopic (exact) mass is 293 g/mol. The van der Waals surface area contributed by atoms with Crippen LogP contribution >= 0.6 is 11.8 Å². The fourth-order valence-corrected chi connectivity index (χ4v) is 2.55. The van der Waals surface area contributed by atoms with Gasteiger partial charge < -0.3 is 5.32 Å². The van der Waals surface area contributed by atoms with Crippen LogP contribution in [0.4, 0.5) is 0 Å². The lowest BCUT2D eigenvalue weighted by Crippen LogP contribution is -2.14. The molecule has 0 radical (unpaired) electrons. The van der Waals surface area contributed by atoms with E-state index in [1.165, 1.54) is 16.3 Å². The van der Waals surface area contributed by atoms with Crippen molar-refractivity contribution >= 4 is 11.8 Å². The third-order valence-corrected chi connectivity index (χ3v) is 4.04. The quantitative estimate of drug-likeness (QED) is 0.789. The number of aromatic nitrogens is 4. The summed E-state index contributed by atoms with van der Waals surface area (Å²) >= 11 is 1.39.